The lowest BCUT2D eigenvalue weighted by molar-refractivity contribution is -0.139. The van der Waals surface area contributed by atoms with Gasteiger partial charge < -0.3 is 10.8 Å². The van der Waals surface area contributed by atoms with E-state index in [2.05, 4.69) is 0 Å². The van der Waals surface area contributed by atoms with E-state index in [1.807, 2.05) is 44.2 Å². The number of benzene rings is 1. The van der Waals surface area contributed by atoms with E-state index < -0.39 is 12.0 Å². The van der Waals surface area contributed by atoms with Gasteiger partial charge in [0.25, 0.3) is 0 Å². The molecule has 0 fully saturated rings. The first kappa shape index (κ1) is 11.7. The first-order valence-electron chi connectivity index (χ1n) is 5.07. The minimum Gasteiger partial charge on any atom is -0.480 e. The largest absolute Gasteiger partial charge is 0.480 e. The molecule has 3 nitrogen and oxygen atoms in total. The highest BCUT2D eigenvalue weighted by Crippen LogP contribution is 2.26. The summed E-state index contributed by atoms with van der Waals surface area (Å²) in [6.07, 6.45) is 0. The summed E-state index contributed by atoms with van der Waals surface area (Å²) in [6, 6.07) is 8.72. The zero-order valence-corrected chi connectivity index (χ0v) is 9.05. The van der Waals surface area contributed by atoms with Crippen molar-refractivity contribution >= 4 is 5.97 Å². The quantitative estimate of drug-likeness (QED) is 0.791. The molecule has 0 radical (unpaired) electrons. The van der Waals surface area contributed by atoms with Crippen LogP contribution in [0.3, 0.4) is 0 Å². The molecule has 15 heavy (non-hydrogen) atoms. The molecule has 0 amide bonds. The number of carboxylic acid groups (broad SMARTS) is 1. The van der Waals surface area contributed by atoms with E-state index >= 15 is 0 Å². The van der Waals surface area contributed by atoms with Gasteiger partial charge in [-0.25, -0.2) is 0 Å². The maximum absolute atomic E-state index is 10.9. The lowest BCUT2D eigenvalue weighted by Gasteiger charge is -2.24. The summed E-state index contributed by atoms with van der Waals surface area (Å²) in [5, 5.41) is 8.94. The second-order valence-electron chi connectivity index (χ2n) is 4.04. The lowest BCUT2D eigenvalue weighted by Crippen LogP contribution is -2.38. The first-order valence-corrected chi connectivity index (χ1v) is 5.07. The van der Waals surface area contributed by atoms with Gasteiger partial charge in [-0.2, -0.15) is 0 Å². The summed E-state index contributed by atoms with van der Waals surface area (Å²) in [7, 11) is 0. The van der Waals surface area contributed by atoms with Gasteiger partial charge in [-0.1, -0.05) is 44.2 Å². The van der Waals surface area contributed by atoms with Crippen molar-refractivity contribution in [2.24, 2.45) is 11.7 Å². The van der Waals surface area contributed by atoms with Gasteiger partial charge in [0, 0.05) is 5.92 Å². The molecule has 0 unspecified atom stereocenters. The first-order chi connectivity index (χ1) is 7.04. The van der Waals surface area contributed by atoms with E-state index in [1.165, 1.54) is 0 Å². The molecule has 0 aromatic heterocycles. The zero-order valence-electron chi connectivity index (χ0n) is 9.05. The van der Waals surface area contributed by atoms with Crippen molar-refractivity contribution in [2.45, 2.75) is 25.8 Å². The summed E-state index contributed by atoms with van der Waals surface area (Å²) >= 11 is 0. The van der Waals surface area contributed by atoms with Crippen LogP contribution in [0.2, 0.25) is 0 Å². The number of hydrogen-bond donors (Lipinski definition) is 2. The molecule has 1 aromatic carbocycles. The SMILES string of the molecule is CC(C)[C@@H](c1ccccc1)[C@@H](N)C(=O)O. The molecule has 0 saturated carbocycles. The Hall–Kier alpha value is -1.35. The fourth-order valence-corrected chi connectivity index (χ4v) is 1.84. The van der Waals surface area contributed by atoms with E-state index in [0.29, 0.717) is 0 Å². The van der Waals surface area contributed by atoms with Crippen LogP contribution in [0.1, 0.15) is 25.3 Å². The maximum atomic E-state index is 10.9. The van der Waals surface area contributed by atoms with Gasteiger partial charge in [-0.15, -0.1) is 0 Å². The average Bonchev–Trinajstić information content (AvgIpc) is 2.18. The molecule has 1 rings (SSSR count). The Kier molecular flexibility index (Phi) is 3.86. The van der Waals surface area contributed by atoms with Crippen molar-refractivity contribution in [1.29, 1.82) is 0 Å². The number of carbonyl (C=O) groups is 1. The maximum Gasteiger partial charge on any atom is 0.321 e. The molecule has 0 bridgehead atoms. The second-order valence-corrected chi connectivity index (χ2v) is 4.04. The molecule has 0 saturated heterocycles. The highest BCUT2D eigenvalue weighted by Gasteiger charge is 2.28. The third-order valence-corrected chi connectivity index (χ3v) is 2.57. The number of aliphatic carboxylic acids is 1. The summed E-state index contributed by atoms with van der Waals surface area (Å²) in [4.78, 5) is 10.9. The summed E-state index contributed by atoms with van der Waals surface area (Å²) in [5.74, 6) is -0.875. The van der Waals surface area contributed by atoms with Crippen molar-refractivity contribution in [1.82, 2.24) is 0 Å². The van der Waals surface area contributed by atoms with Crippen LogP contribution in [0.15, 0.2) is 30.3 Å². The highest BCUT2D eigenvalue weighted by atomic mass is 16.4. The normalized spacial score (nSPS) is 14.9. The van der Waals surface area contributed by atoms with Crippen LogP contribution in [-0.2, 0) is 4.79 Å². The fraction of sp³-hybridized carbons (Fsp3) is 0.417. The Morgan fingerprint density at radius 1 is 1.27 bits per heavy atom. The molecule has 82 valence electrons. The molecule has 0 aliphatic rings. The number of carboxylic acids is 1. The minimum absolute atomic E-state index is 0.135. The Bertz CT molecular complexity index is 322. The van der Waals surface area contributed by atoms with Gasteiger partial charge in [0.2, 0.25) is 0 Å². The molecule has 2 atom stereocenters. The van der Waals surface area contributed by atoms with Gasteiger partial charge >= 0.3 is 5.97 Å². The Morgan fingerprint density at radius 3 is 2.20 bits per heavy atom. The van der Waals surface area contributed by atoms with Crippen LogP contribution in [-0.4, -0.2) is 17.1 Å². The molecule has 0 heterocycles. The van der Waals surface area contributed by atoms with Crippen LogP contribution >= 0.6 is 0 Å². The summed E-state index contributed by atoms with van der Waals surface area (Å²) < 4.78 is 0. The Balaban J connectivity index is 2.99. The van der Waals surface area contributed by atoms with Crippen LogP contribution in [0.5, 0.6) is 0 Å². The number of hydrogen-bond acceptors (Lipinski definition) is 2. The standard InChI is InChI=1S/C12H17NO2/c1-8(2)10(11(13)12(14)15)9-6-4-3-5-7-9/h3-8,10-11H,13H2,1-2H3,(H,14,15)/t10-,11+/m0/s1. The summed E-state index contributed by atoms with van der Waals surface area (Å²) in [6.45, 7) is 3.97. The second kappa shape index (κ2) is 4.94. The molecule has 0 aliphatic carbocycles. The molecule has 0 spiro atoms. The molecule has 3 heteroatoms. The van der Waals surface area contributed by atoms with E-state index in [1.54, 1.807) is 0 Å². The highest BCUT2D eigenvalue weighted by molar-refractivity contribution is 5.74. The molecule has 0 aliphatic heterocycles. The molecule has 3 N–H and O–H groups in total. The van der Waals surface area contributed by atoms with Crippen molar-refractivity contribution in [3.05, 3.63) is 35.9 Å². The van der Waals surface area contributed by atoms with Crippen LogP contribution in [0.25, 0.3) is 0 Å². The molecule has 1 aromatic rings. The van der Waals surface area contributed by atoms with Gasteiger partial charge in [0.1, 0.15) is 6.04 Å². The van der Waals surface area contributed by atoms with Gasteiger partial charge in [-0.05, 0) is 11.5 Å². The van der Waals surface area contributed by atoms with Crippen molar-refractivity contribution in [3.63, 3.8) is 0 Å². The zero-order chi connectivity index (χ0) is 11.4. The van der Waals surface area contributed by atoms with Gasteiger partial charge in [-0.3, -0.25) is 4.79 Å². The fourth-order valence-electron chi connectivity index (χ4n) is 1.84. The molecular formula is C12H17NO2. The van der Waals surface area contributed by atoms with E-state index in [9.17, 15) is 4.79 Å². The molecular weight excluding hydrogens is 190 g/mol. The summed E-state index contributed by atoms with van der Waals surface area (Å²) in [5.41, 5.74) is 6.68. The van der Waals surface area contributed by atoms with Crippen molar-refractivity contribution in [2.75, 3.05) is 0 Å². The van der Waals surface area contributed by atoms with Crippen LogP contribution in [0.4, 0.5) is 0 Å². The minimum atomic E-state index is -0.947. The van der Waals surface area contributed by atoms with Gasteiger partial charge in [0.15, 0.2) is 0 Å². The van der Waals surface area contributed by atoms with E-state index in [0.717, 1.165) is 5.56 Å². The third kappa shape index (κ3) is 2.80. The van der Waals surface area contributed by atoms with Crippen molar-refractivity contribution in [3.8, 4) is 0 Å². The van der Waals surface area contributed by atoms with Gasteiger partial charge in [0.05, 0.1) is 0 Å². The predicted octanol–water partition coefficient (Wildman–Crippen LogP) is 1.84. The van der Waals surface area contributed by atoms with E-state index in [-0.39, 0.29) is 11.8 Å². The van der Waals surface area contributed by atoms with E-state index in [4.69, 9.17) is 10.8 Å². The number of nitrogens with two attached hydrogens (primary N) is 1. The average molecular weight is 207 g/mol. The lowest BCUT2D eigenvalue weighted by atomic mass is 9.83. The number of rotatable bonds is 4. The third-order valence-electron chi connectivity index (χ3n) is 2.57. The van der Waals surface area contributed by atoms with Crippen molar-refractivity contribution < 1.29 is 9.90 Å². The smallest absolute Gasteiger partial charge is 0.321 e. The topological polar surface area (TPSA) is 63.3 Å². The van der Waals surface area contributed by atoms with Crippen LogP contribution in [0, 0.1) is 5.92 Å². The monoisotopic (exact) mass is 207 g/mol. The van der Waals surface area contributed by atoms with Crippen LogP contribution < -0.4 is 5.73 Å². The predicted molar refractivity (Wildman–Crippen MR) is 59.6 cm³/mol. The Labute approximate surface area is 89.9 Å². The Morgan fingerprint density at radius 2 is 1.80 bits per heavy atom.